The van der Waals surface area contributed by atoms with Gasteiger partial charge in [0.15, 0.2) is 0 Å². The van der Waals surface area contributed by atoms with E-state index in [1.165, 1.54) is 4.31 Å². The van der Waals surface area contributed by atoms with Crippen molar-refractivity contribution in [2.45, 2.75) is 44.9 Å². The number of hydrogen-bond acceptors (Lipinski definition) is 5. The first kappa shape index (κ1) is 19.6. The maximum atomic E-state index is 12.2. The van der Waals surface area contributed by atoms with Gasteiger partial charge in [-0.2, -0.15) is 0 Å². The normalized spacial score (nSPS) is 27.9. The van der Waals surface area contributed by atoms with Gasteiger partial charge in [0.2, 0.25) is 15.9 Å². The van der Waals surface area contributed by atoms with Crippen LogP contribution in [0.25, 0.3) is 0 Å². The van der Waals surface area contributed by atoms with Crippen LogP contribution >= 0.6 is 12.4 Å². The molecule has 0 bridgehead atoms. The summed E-state index contributed by atoms with van der Waals surface area (Å²) in [5.74, 6) is 0.0734. The van der Waals surface area contributed by atoms with E-state index in [1.807, 2.05) is 6.92 Å². The highest BCUT2D eigenvalue weighted by molar-refractivity contribution is 7.89. The summed E-state index contributed by atoms with van der Waals surface area (Å²) in [6, 6.07) is -0.284. The minimum atomic E-state index is -3.11. The van der Waals surface area contributed by atoms with Gasteiger partial charge in [-0.15, -0.1) is 12.4 Å². The number of halogens is 1. The van der Waals surface area contributed by atoms with Gasteiger partial charge in [0.25, 0.3) is 0 Å². The van der Waals surface area contributed by atoms with E-state index in [4.69, 9.17) is 4.74 Å². The zero-order valence-corrected chi connectivity index (χ0v) is 14.7. The van der Waals surface area contributed by atoms with Crippen LogP contribution in [0.5, 0.6) is 0 Å². The van der Waals surface area contributed by atoms with E-state index >= 15 is 0 Å². The number of rotatable bonds is 4. The first-order chi connectivity index (χ1) is 9.94. The second kappa shape index (κ2) is 8.44. The summed E-state index contributed by atoms with van der Waals surface area (Å²) >= 11 is 0. The topological polar surface area (TPSA) is 87.7 Å². The molecule has 0 unspecified atom stereocenters. The molecule has 2 aliphatic heterocycles. The molecule has 2 saturated heterocycles. The minimum Gasteiger partial charge on any atom is -0.375 e. The fourth-order valence-corrected chi connectivity index (χ4v) is 3.91. The van der Waals surface area contributed by atoms with Crippen LogP contribution in [0, 0.1) is 0 Å². The number of amides is 1. The average Bonchev–Trinajstić information content (AvgIpc) is 2.48. The summed E-state index contributed by atoms with van der Waals surface area (Å²) in [5.41, 5.74) is 0. The van der Waals surface area contributed by atoms with E-state index in [2.05, 4.69) is 10.6 Å². The summed E-state index contributed by atoms with van der Waals surface area (Å²) in [6.45, 7) is 5.79. The number of piperidine rings is 1. The molecule has 0 radical (unpaired) electrons. The summed E-state index contributed by atoms with van der Waals surface area (Å²) in [4.78, 5) is 12.2. The molecule has 9 heteroatoms. The smallest absolute Gasteiger partial charge is 0.240 e. The first-order valence-corrected chi connectivity index (χ1v) is 9.18. The van der Waals surface area contributed by atoms with Gasteiger partial charge in [-0.05, 0) is 26.7 Å². The zero-order chi connectivity index (χ0) is 15.5. The highest BCUT2D eigenvalue weighted by atomic mass is 35.5. The van der Waals surface area contributed by atoms with Crippen LogP contribution in [0.3, 0.4) is 0 Å². The number of ether oxygens (including phenoxy) is 1. The molecule has 1 amide bonds. The Kier molecular flexibility index (Phi) is 7.54. The van der Waals surface area contributed by atoms with Crippen molar-refractivity contribution in [3.8, 4) is 0 Å². The third kappa shape index (κ3) is 4.79. The number of hydrogen-bond donors (Lipinski definition) is 2. The molecule has 2 rings (SSSR count). The van der Waals surface area contributed by atoms with Crippen LogP contribution in [0.1, 0.15) is 26.7 Å². The Morgan fingerprint density at radius 2 is 2.00 bits per heavy atom. The van der Waals surface area contributed by atoms with Crippen LogP contribution in [0.4, 0.5) is 0 Å². The van der Waals surface area contributed by atoms with Gasteiger partial charge in [0, 0.05) is 25.7 Å². The van der Waals surface area contributed by atoms with E-state index in [0.717, 1.165) is 0 Å². The van der Waals surface area contributed by atoms with E-state index < -0.39 is 10.0 Å². The van der Waals surface area contributed by atoms with Gasteiger partial charge in [-0.25, -0.2) is 12.7 Å². The highest BCUT2D eigenvalue weighted by Crippen LogP contribution is 2.15. The monoisotopic (exact) mass is 355 g/mol. The van der Waals surface area contributed by atoms with Gasteiger partial charge < -0.3 is 15.4 Å². The van der Waals surface area contributed by atoms with Crippen molar-refractivity contribution in [1.82, 2.24) is 14.9 Å². The lowest BCUT2D eigenvalue weighted by molar-refractivity contribution is -0.129. The number of nitrogens with zero attached hydrogens (tertiary/aromatic N) is 1. The summed E-state index contributed by atoms with van der Waals surface area (Å²) in [5, 5.41) is 6.16. The zero-order valence-electron chi connectivity index (χ0n) is 13.1. The lowest BCUT2D eigenvalue weighted by Crippen LogP contribution is -2.58. The fourth-order valence-electron chi connectivity index (χ4n) is 2.78. The van der Waals surface area contributed by atoms with Crippen molar-refractivity contribution < 1.29 is 17.9 Å². The number of nitrogens with one attached hydrogen (secondary N) is 2. The van der Waals surface area contributed by atoms with Crippen molar-refractivity contribution in [1.29, 1.82) is 0 Å². The fraction of sp³-hybridized carbons (Fsp3) is 0.923. The number of carbonyl (C=O) groups is 1. The predicted molar refractivity (Wildman–Crippen MR) is 86.7 cm³/mol. The Morgan fingerprint density at radius 3 is 2.55 bits per heavy atom. The Hall–Kier alpha value is -0.410. The molecule has 2 heterocycles. The molecule has 0 aliphatic carbocycles. The standard InChI is InChI=1S/C13H25N3O4S.ClH/c1-3-21(18,19)16-7-4-11(5-8-16)15-13(17)12-10(2)20-9-6-14-12;/h10-12,14H,3-9H2,1-2H3,(H,15,17);1H/t10-,12+;/m1./s1. The van der Waals surface area contributed by atoms with Crippen LogP contribution in [0.15, 0.2) is 0 Å². The minimum absolute atomic E-state index is 0. The van der Waals surface area contributed by atoms with Crippen LogP contribution < -0.4 is 10.6 Å². The third-order valence-electron chi connectivity index (χ3n) is 4.16. The van der Waals surface area contributed by atoms with Gasteiger partial charge in [-0.3, -0.25) is 4.79 Å². The summed E-state index contributed by atoms with van der Waals surface area (Å²) < 4.78 is 30.6. The van der Waals surface area contributed by atoms with Crippen molar-refractivity contribution in [3.05, 3.63) is 0 Å². The SMILES string of the molecule is CCS(=O)(=O)N1CCC(NC(=O)[C@H]2NCCO[C@@H]2C)CC1.Cl. The molecule has 2 fully saturated rings. The molecule has 22 heavy (non-hydrogen) atoms. The largest absolute Gasteiger partial charge is 0.375 e. The van der Waals surface area contributed by atoms with Crippen LogP contribution in [-0.2, 0) is 19.6 Å². The summed E-state index contributed by atoms with van der Waals surface area (Å²) in [7, 11) is -3.11. The number of sulfonamides is 1. The number of morpholine rings is 1. The second-order valence-corrected chi connectivity index (χ2v) is 7.85. The maximum absolute atomic E-state index is 12.2. The van der Waals surface area contributed by atoms with Crippen molar-refractivity contribution in [2.75, 3.05) is 32.0 Å². The molecular weight excluding hydrogens is 330 g/mol. The molecule has 7 nitrogen and oxygen atoms in total. The molecule has 2 aliphatic rings. The Balaban J connectivity index is 0.00000242. The van der Waals surface area contributed by atoms with E-state index in [9.17, 15) is 13.2 Å². The quantitative estimate of drug-likeness (QED) is 0.724. The lowest BCUT2D eigenvalue weighted by Gasteiger charge is -2.34. The number of carbonyl (C=O) groups excluding carboxylic acids is 1. The first-order valence-electron chi connectivity index (χ1n) is 7.57. The molecule has 2 N–H and O–H groups in total. The van der Waals surface area contributed by atoms with E-state index in [0.29, 0.717) is 39.1 Å². The maximum Gasteiger partial charge on any atom is 0.240 e. The summed E-state index contributed by atoms with van der Waals surface area (Å²) in [6.07, 6.45) is 1.18. The molecule has 0 saturated carbocycles. The van der Waals surface area contributed by atoms with E-state index in [-0.39, 0.29) is 42.3 Å². The van der Waals surface area contributed by atoms with Crippen molar-refractivity contribution in [2.24, 2.45) is 0 Å². The molecule has 130 valence electrons. The predicted octanol–water partition coefficient (Wildman–Crippen LogP) is -0.285. The second-order valence-electron chi connectivity index (χ2n) is 5.59. The molecule has 0 aromatic heterocycles. The molecule has 0 spiro atoms. The average molecular weight is 356 g/mol. The Labute approximate surface area is 138 Å². The highest BCUT2D eigenvalue weighted by Gasteiger charge is 2.32. The van der Waals surface area contributed by atoms with Crippen molar-refractivity contribution in [3.63, 3.8) is 0 Å². The third-order valence-corrected chi connectivity index (χ3v) is 6.04. The lowest BCUT2D eigenvalue weighted by atomic mass is 10.0. The Morgan fingerprint density at radius 1 is 1.36 bits per heavy atom. The van der Waals surface area contributed by atoms with Gasteiger partial charge in [-0.1, -0.05) is 0 Å². The van der Waals surface area contributed by atoms with Gasteiger partial charge >= 0.3 is 0 Å². The molecule has 0 aromatic carbocycles. The molecule has 0 aromatic rings. The Bertz CT molecular complexity index is 466. The van der Waals surface area contributed by atoms with Crippen molar-refractivity contribution >= 4 is 28.3 Å². The molecule has 2 atom stereocenters. The molecular formula is C13H26ClN3O4S. The van der Waals surface area contributed by atoms with Crippen LogP contribution in [-0.4, -0.2) is 68.8 Å². The van der Waals surface area contributed by atoms with Gasteiger partial charge in [0.1, 0.15) is 6.04 Å². The van der Waals surface area contributed by atoms with Gasteiger partial charge in [0.05, 0.1) is 18.5 Å². The van der Waals surface area contributed by atoms with Crippen LogP contribution in [0.2, 0.25) is 0 Å². The van der Waals surface area contributed by atoms with E-state index in [1.54, 1.807) is 6.92 Å².